The monoisotopic (exact) mass is 320 g/mol. The molecule has 0 N–H and O–H groups in total. The van der Waals surface area contributed by atoms with Crippen molar-refractivity contribution in [1.82, 2.24) is 9.80 Å². The molecular weight excluding hydrogens is 300 g/mol. The second kappa shape index (κ2) is 5.94. The maximum atomic E-state index is 12.9. The second-order valence-electron chi connectivity index (χ2n) is 6.21. The van der Waals surface area contributed by atoms with Gasteiger partial charge >= 0.3 is 0 Å². The van der Waals surface area contributed by atoms with Crippen molar-refractivity contribution in [3.8, 4) is 0 Å². The lowest BCUT2D eigenvalue weighted by atomic mass is 10.1. The highest BCUT2D eigenvalue weighted by atomic mass is 35.5. The quantitative estimate of drug-likeness (QED) is 0.845. The largest absolute Gasteiger partial charge is 0.449 e. The number of amides is 1. The number of rotatable bonds is 5. The number of carbonyl (C=O) groups is 1. The Bertz CT molecular complexity index is 704. The summed E-state index contributed by atoms with van der Waals surface area (Å²) in [4.78, 5) is 16.9. The number of likely N-dealkylation sites (N-methyl/N-ethyl adjacent to an activating group) is 1. The highest BCUT2D eigenvalue weighted by molar-refractivity contribution is 6.35. The van der Waals surface area contributed by atoms with E-state index in [9.17, 15) is 4.79 Å². The molecule has 0 bridgehead atoms. The van der Waals surface area contributed by atoms with Gasteiger partial charge in [0.1, 0.15) is 0 Å². The molecule has 2 aromatic rings. The molecule has 1 fully saturated rings. The van der Waals surface area contributed by atoms with Crippen LogP contribution in [0.25, 0.3) is 11.0 Å². The van der Waals surface area contributed by atoms with Crippen LogP contribution in [0.3, 0.4) is 0 Å². The number of nitrogens with zero attached hydrogens (tertiary/aromatic N) is 2. The predicted octanol–water partition coefficient (Wildman–Crippen LogP) is 3.56. The number of hydrogen-bond acceptors (Lipinski definition) is 3. The van der Waals surface area contributed by atoms with Crippen LogP contribution in [0.4, 0.5) is 0 Å². The van der Waals surface area contributed by atoms with Crippen molar-refractivity contribution in [3.63, 3.8) is 0 Å². The predicted molar refractivity (Wildman–Crippen MR) is 88.6 cm³/mol. The van der Waals surface area contributed by atoms with E-state index in [-0.39, 0.29) is 5.91 Å². The Kier molecular flexibility index (Phi) is 4.15. The van der Waals surface area contributed by atoms with Crippen molar-refractivity contribution in [3.05, 3.63) is 34.5 Å². The van der Waals surface area contributed by atoms with Crippen LogP contribution in [0, 0.1) is 6.92 Å². The Morgan fingerprint density at radius 3 is 2.64 bits per heavy atom. The number of aryl methyl sites for hydroxylation is 1. The second-order valence-corrected chi connectivity index (χ2v) is 6.61. The van der Waals surface area contributed by atoms with E-state index in [1.54, 1.807) is 6.07 Å². The van der Waals surface area contributed by atoms with Gasteiger partial charge in [-0.15, -0.1) is 0 Å². The van der Waals surface area contributed by atoms with E-state index in [0.717, 1.165) is 36.9 Å². The van der Waals surface area contributed by atoms with Crippen LogP contribution in [0.5, 0.6) is 0 Å². The van der Waals surface area contributed by atoms with Gasteiger partial charge in [0, 0.05) is 30.1 Å². The van der Waals surface area contributed by atoms with Crippen molar-refractivity contribution < 1.29 is 9.21 Å². The standard InChI is InChI=1S/C17H21ClN2O2/c1-11-13-5-4-6-14(18)16(13)22-15(11)17(21)20(12-7-8-12)10-9-19(2)3/h4-6,12H,7-10H2,1-3H3. The Morgan fingerprint density at radius 2 is 2.05 bits per heavy atom. The Labute approximate surface area is 135 Å². The Hall–Kier alpha value is -1.52. The highest BCUT2D eigenvalue weighted by Crippen LogP contribution is 2.34. The third-order valence-electron chi connectivity index (χ3n) is 4.15. The lowest BCUT2D eigenvalue weighted by Crippen LogP contribution is -2.38. The van der Waals surface area contributed by atoms with Crippen LogP contribution in [0.15, 0.2) is 22.6 Å². The molecule has 1 amide bonds. The highest BCUT2D eigenvalue weighted by Gasteiger charge is 2.35. The van der Waals surface area contributed by atoms with E-state index in [2.05, 4.69) is 4.90 Å². The summed E-state index contributed by atoms with van der Waals surface area (Å²) in [6, 6.07) is 5.96. The van der Waals surface area contributed by atoms with E-state index < -0.39 is 0 Å². The molecule has 0 saturated heterocycles. The lowest BCUT2D eigenvalue weighted by molar-refractivity contribution is 0.0701. The average Bonchev–Trinajstić information content (AvgIpc) is 3.24. The molecule has 1 saturated carbocycles. The molecule has 1 aliphatic rings. The van der Waals surface area contributed by atoms with Gasteiger partial charge in [0.15, 0.2) is 11.3 Å². The molecule has 0 unspecified atom stereocenters. The third-order valence-corrected chi connectivity index (χ3v) is 4.44. The van der Waals surface area contributed by atoms with Crippen LogP contribution in [0.1, 0.15) is 29.0 Å². The van der Waals surface area contributed by atoms with Gasteiger partial charge in [0.2, 0.25) is 0 Å². The summed E-state index contributed by atoms with van der Waals surface area (Å²) in [7, 11) is 4.03. The van der Waals surface area contributed by atoms with Gasteiger partial charge in [-0.3, -0.25) is 4.79 Å². The van der Waals surface area contributed by atoms with E-state index >= 15 is 0 Å². The van der Waals surface area contributed by atoms with Crippen LogP contribution < -0.4 is 0 Å². The molecule has 0 radical (unpaired) electrons. The van der Waals surface area contributed by atoms with Gasteiger partial charge < -0.3 is 14.2 Å². The Morgan fingerprint density at radius 1 is 1.32 bits per heavy atom. The summed E-state index contributed by atoms with van der Waals surface area (Å²) >= 11 is 6.18. The molecule has 1 aromatic heterocycles. The summed E-state index contributed by atoms with van der Waals surface area (Å²) in [6.07, 6.45) is 2.17. The van der Waals surface area contributed by atoms with Gasteiger partial charge in [-0.1, -0.05) is 23.7 Å². The van der Waals surface area contributed by atoms with Gasteiger partial charge in [0.25, 0.3) is 5.91 Å². The minimum Gasteiger partial charge on any atom is -0.449 e. The van der Waals surface area contributed by atoms with Crippen LogP contribution in [0.2, 0.25) is 5.02 Å². The summed E-state index contributed by atoms with van der Waals surface area (Å²) < 4.78 is 5.82. The fourth-order valence-electron chi connectivity index (χ4n) is 2.69. The molecule has 0 aliphatic heterocycles. The molecular formula is C17H21ClN2O2. The first kappa shape index (κ1) is 15.4. The molecule has 1 aromatic carbocycles. The molecule has 4 nitrogen and oxygen atoms in total. The first-order valence-electron chi connectivity index (χ1n) is 7.62. The number of para-hydroxylation sites is 1. The van der Waals surface area contributed by atoms with Crippen molar-refractivity contribution in [2.24, 2.45) is 0 Å². The number of furan rings is 1. The molecule has 0 spiro atoms. The molecule has 0 atom stereocenters. The van der Waals surface area contributed by atoms with Crippen molar-refractivity contribution in [2.45, 2.75) is 25.8 Å². The maximum absolute atomic E-state index is 12.9. The SMILES string of the molecule is Cc1c(C(=O)N(CCN(C)C)C2CC2)oc2c(Cl)cccc12. The third kappa shape index (κ3) is 2.85. The van der Waals surface area contributed by atoms with E-state index in [1.807, 2.05) is 38.1 Å². The van der Waals surface area contributed by atoms with E-state index in [1.165, 1.54) is 0 Å². The first-order chi connectivity index (χ1) is 10.5. The number of benzene rings is 1. The maximum Gasteiger partial charge on any atom is 0.290 e. The summed E-state index contributed by atoms with van der Waals surface area (Å²) in [5.41, 5.74) is 1.48. The number of hydrogen-bond donors (Lipinski definition) is 0. The van der Waals surface area contributed by atoms with Crippen molar-refractivity contribution in [2.75, 3.05) is 27.2 Å². The zero-order chi connectivity index (χ0) is 15.9. The van der Waals surface area contributed by atoms with E-state index in [4.69, 9.17) is 16.0 Å². The van der Waals surface area contributed by atoms with Gasteiger partial charge in [-0.25, -0.2) is 0 Å². The van der Waals surface area contributed by atoms with Gasteiger partial charge in [-0.2, -0.15) is 0 Å². The topological polar surface area (TPSA) is 36.7 Å². The van der Waals surface area contributed by atoms with Crippen molar-refractivity contribution >= 4 is 28.5 Å². The minimum atomic E-state index is -0.0193. The number of fused-ring (bicyclic) bond motifs is 1. The lowest BCUT2D eigenvalue weighted by Gasteiger charge is -2.23. The smallest absolute Gasteiger partial charge is 0.290 e. The van der Waals surface area contributed by atoms with Gasteiger partial charge in [-0.05, 0) is 39.9 Å². The van der Waals surface area contributed by atoms with Crippen LogP contribution >= 0.6 is 11.6 Å². The molecule has 3 rings (SSSR count). The minimum absolute atomic E-state index is 0.0193. The molecule has 5 heteroatoms. The fourth-order valence-corrected chi connectivity index (χ4v) is 2.90. The summed E-state index contributed by atoms with van der Waals surface area (Å²) in [5, 5.41) is 1.46. The molecule has 1 heterocycles. The van der Waals surface area contributed by atoms with Crippen molar-refractivity contribution in [1.29, 1.82) is 0 Å². The number of carbonyl (C=O) groups excluding carboxylic acids is 1. The summed E-state index contributed by atoms with van der Waals surface area (Å²) in [6.45, 7) is 3.50. The normalized spacial score (nSPS) is 14.8. The Balaban J connectivity index is 1.93. The molecule has 22 heavy (non-hydrogen) atoms. The number of halogens is 1. The van der Waals surface area contributed by atoms with Crippen LogP contribution in [-0.4, -0.2) is 48.9 Å². The zero-order valence-corrected chi connectivity index (χ0v) is 14.0. The zero-order valence-electron chi connectivity index (χ0n) is 13.2. The molecule has 1 aliphatic carbocycles. The van der Waals surface area contributed by atoms with E-state index in [0.29, 0.717) is 22.4 Å². The van der Waals surface area contributed by atoms with Crippen LogP contribution in [-0.2, 0) is 0 Å². The summed E-state index contributed by atoms with van der Waals surface area (Å²) in [5.74, 6) is 0.405. The molecule has 118 valence electrons. The first-order valence-corrected chi connectivity index (χ1v) is 8.00. The average molecular weight is 321 g/mol. The van der Waals surface area contributed by atoms with Gasteiger partial charge in [0.05, 0.1) is 5.02 Å². The fraction of sp³-hybridized carbons (Fsp3) is 0.471.